The number of benzene rings is 1. The molecule has 0 aliphatic rings. The second-order valence-corrected chi connectivity index (χ2v) is 6.42. The maximum atomic E-state index is 12.5. The van der Waals surface area contributed by atoms with E-state index in [1.54, 1.807) is 39.8 Å². The predicted molar refractivity (Wildman–Crippen MR) is 83.5 cm³/mol. The average Bonchev–Trinajstić information content (AvgIpc) is 2.38. The summed E-state index contributed by atoms with van der Waals surface area (Å²) in [4.78, 5) is 24.2. The molecule has 0 heterocycles. The van der Waals surface area contributed by atoms with Crippen molar-refractivity contribution in [2.75, 3.05) is 12.4 Å². The summed E-state index contributed by atoms with van der Waals surface area (Å²) < 4.78 is 4.69. The van der Waals surface area contributed by atoms with Crippen LogP contribution in [0, 0.1) is 5.41 Å². The van der Waals surface area contributed by atoms with Crippen molar-refractivity contribution in [1.82, 2.24) is 0 Å². The lowest BCUT2D eigenvalue weighted by molar-refractivity contribution is -0.126. The van der Waals surface area contributed by atoms with E-state index in [0.717, 1.165) is 0 Å². The highest BCUT2D eigenvalue weighted by molar-refractivity contribution is 6.31. The molecule has 0 aliphatic heterocycles. The van der Waals surface area contributed by atoms with E-state index in [4.69, 9.17) is 22.1 Å². The predicted octanol–water partition coefficient (Wildman–Crippen LogP) is 2.83. The molecule has 0 aromatic heterocycles. The number of amides is 1. The number of methoxy groups -OCH3 is 1. The van der Waals surface area contributed by atoms with Gasteiger partial charge in [-0.25, -0.2) is 4.79 Å². The van der Waals surface area contributed by atoms with Crippen LogP contribution in [0.2, 0.25) is 5.02 Å². The van der Waals surface area contributed by atoms with Gasteiger partial charge in [0.25, 0.3) is 0 Å². The molecule has 1 amide bonds. The topological polar surface area (TPSA) is 81.4 Å². The molecule has 21 heavy (non-hydrogen) atoms. The van der Waals surface area contributed by atoms with Gasteiger partial charge in [-0.15, -0.1) is 0 Å². The number of esters is 1. The van der Waals surface area contributed by atoms with E-state index in [0.29, 0.717) is 10.7 Å². The van der Waals surface area contributed by atoms with Crippen LogP contribution in [0.5, 0.6) is 0 Å². The van der Waals surface area contributed by atoms with Gasteiger partial charge < -0.3 is 15.8 Å². The summed E-state index contributed by atoms with van der Waals surface area (Å²) in [5.41, 5.74) is 5.02. The summed E-state index contributed by atoms with van der Waals surface area (Å²) in [6.07, 6.45) is 0. The summed E-state index contributed by atoms with van der Waals surface area (Å²) in [6.45, 7) is 7.04. The van der Waals surface area contributed by atoms with Crippen molar-refractivity contribution >= 4 is 29.2 Å². The van der Waals surface area contributed by atoms with Crippen LogP contribution in [-0.2, 0) is 9.53 Å². The number of hydrogen-bond acceptors (Lipinski definition) is 4. The lowest BCUT2D eigenvalue weighted by Gasteiger charge is -2.37. The molecular formula is C15H21ClN2O3. The number of carbonyl (C=O) groups excluding carboxylic acids is 2. The van der Waals surface area contributed by atoms with Gasteiger partial charge in [0.1, 0.15) is 0 Å². The van der Waals surface area contributed by atoms with E-state index in [2.05, 4.69) is 5.32 Å². The number of ether oxygens (including phenoxy) is 1. The van der Waals surface area contributed by atoms with Gasteiger partial charge in [0.2, 0.25) is 5.91 Å². The molecule has 0 unspecified atom stereocenters. The molecule has 0 saturated heterocycles. The fourth-order valence-electron chi connectivity index (χ4n) is 1.48. The van der Waals surface area contributed by atoms with Crippen LogP contribution in [0.25, 0.3) is 0 Å². The molecule has 0 aliphatic carbocycles. The van der Waals surface area contributed by atoms with Crippen LogP contribution in [0.1, 0.15) is 38.1 Å². The third-order valence-electron chi connectivity index (χ3n) is 3.81. The molecule has 3 N–H and O–H groups in total. The maximum absolute atomic E-state index is 12.5. The Bertz CT molecular complexity index is 563. The van der Waals surface area contributed by atoms with E-state index in [9.17, 15) is 9.59 Å². The van der Waals surface area contributed by atoms with Crippen molar-refractivity contribution in [1.29, 1.82) is 0 Å². The minimum Gasteiger partial charge on any atom is -0.465 e. The van der Waals surface area contributed by atoms with E-state index >= 15 is 0 Å². The number of anilines is 1. The molecule has 0 spiro atoms. The van der Waals surface area contributed by atoms with E-state index in [1.807, 2.05) is 0 Å². The van der Waals surface area contributed by atoms with Crippen molar-refractivity contribution < 1.29 is 14.3 Å². The number of rotatable bonds is 4. The molecule has 5 nitrogen and oxygen atoms in total. The Kier molecular flexibility index (Phi) is 5.02. The van der Waals surface area contributed by atoms with Gasteiger partial charge in [-0.2, -0.15) is 0 Å². The van der Waals surface area contributed by atoms with Crippen LogP contribution in [0.4, 0.5) is 5.69 Å². The Morgan fingerprint density at radius 2 is 1.81 bits per heavy atom. The fourth-order valence-corrected chi connectivity index (χ4v) is 1.65. The van der Waals surface area contributed by atoms with Gasteiger partial charge in [-0.1, -0.05) is 11.6 Å². The normalized spacial score (nSPS) is 12.0. The molecule has 116 valence electrons. The monoisotopic (exact) mass is 312 g/mol. The Labute approximate surface area is 129 Å². The highest BCUT2D eigenvalue weighted by atomic mass is 35.5. The minimum absolute atomic E-state index is 0.198. The van der Waals surface area contributed by atoms with E-state index < -0.39 is 16.9 Å². The van der Waals surface area contributed by atoms with Gasteiger partial charge in [-0.3, -0.25) is 4.79 Å². The molecule has 0 atom stereocenters. The minimum atomic E-state index is -0.833. The van der Waals surface area contributed by atoms with E-state index in [1.165, 1.54) is 13.2 Å². The zero-order chi connectivity index (χ0) is 16.4. The lowest BCUT2D eigenvalue weighted by atomic mass is 9.74. The molecule has 0 radical (unpaired) electrons. The smallest absolute Gasteiger partial charge is 0.340 e. The number of halogens is 1. The summed E-state index contributed by atoms with van der Waals surface area (Å²) in [5, 5.41) is 3.10. The summed E-state index contributed by atoms with van der Waals surface area (Å²) in [5.74, 6) is -0.861. The zero-order valence-electron chi connectivity index (χ0n) is 12.9. The summed E-state index contributed by atoms with van der Waals surface area (Å²) in [6, 6.07) is 4.60. The van der Waals surface area contributed by atoms with Crippen molar-refractivity contribution in [2.24, 2.45) is 11.1 Å². The Morgan fingerprint density at radius 3 is 2.29 bits per heavy atom. The van der Waals surface area contributed by atoms with Crippen molar-refractivity contribution in [2.45, 2.75) is 33.2 Å². The fraction of sp³-hybridized carbons (Fsp3) is 0.467. The second kappa shape index (κ2) is 6.03. The highest BCUT2D eigenvalue weighted by Crippen LogP contribution is 2.31. The Balaban J connectivity index is 3.14. The van der Waals surface area contributed by atoms with Crippen LogP contribution >= 0.6 is 11.6 Å². The molecule has 0 fully saturated rings. The Hall–Kier alpha value is -1.59. The first kappa shape index (κ1) is 17.5. The van der Waals surface area contributed by atoms with Crippen molar-refractivity contribution in [3.8, 4) is 0 Å². The number of carbonyl (C=O) groups is 2. The zero-order valence-corrected chi connectivity index (χ0v) is 13.7. The van der Waals surface area contributed by atoms with E-state index in [-0.39, 0.29) is 11.5 Å². The van der Waals surface area contributed by atoms with Crippen LogP contribution in [0.3, 0.4) is 0 Å². The molecule has 0 saturated carbocycles. The molecule has 6 heteroatoms. The average molecular weight is 313 g/mol. The summed E-state index contributed by atoms with van der Waals surface area (Å²) >= 11 is 5.88. The first-order valence-electron chi connectivity index (χ1n) is 6.49. The maximum Gasteiger partial charge on any atom is 0.340 e. The third-order valence-corrected chi connectivity index (χ3v) is 4.05. The van der Waals surface area contributed by atoms with Crippen LogP contribution in [0.15, 0.2) is 18.2 Å². The van der Waals surface area contributed by atoms with Gasteiger partial charge in [0.15, 0.2) is 0 Å². The van der Waals surface area contributed by atoms with Gasteiger partial charge >= 0.3 is 5.97 Å². The number of nitrogens with one attached hydrogen (secondary N) is 1. The highest BCUT2D eigenvalue weighted by Gasteiger charge is 2.40. The molecule has 1 aromatic rings. The molecular weight excluding hydrogens is 292 g/mol. The molecule has 1 rings (SSSR count). The van der Waals surface area contributed by atoms with Gasteiger partial charge in [0, 0.05) is 10.6 Å². The van der Waals surface area contributed by atoms with Crippen molar-refractivity contribution in [3.05, 3.63) is 28.8 Å². The standard InChI is InChI=1S/C15H21ClN2O3/c1-14(2,15(3,4)17)13(20)18-11-7-6-9(16)8-10(11)12(19)21-5/h6-8H,17H2,1-5H3,(H,18,20). The first-order chi connectivity index (χ1) is 9.50. The second-order valence-electron chi connectivity index (χ2n) is 5.98. The SMILES string of the molecule is COC(=O)c1cc(Cl)ccc1NC(=O)C(C)(C)C(C)(C)N. The number of nitrogens with two attached hydrogens (primary N) is 1. The van der Waals surface area contributed by atoms with Crippen LogP contribution in [-0.4, -0.2) is 24.5 Å². The Morgan fingerprint density at radius 1 is 1.24 bits per heavy atom. The molecule has 1 aromatic carbocycles. The van der Waals surface area contributed by atoms with Crippen LogP contribution < -0.4 is 11.1 Å². The lowest BCUT2D eigenvalue weighted by Crippen LogP contribution is -2.53. The quantitative estimate of drug-likeness (QED) is 0.838. The van der Waals surface area contributed by atoms with Crippen molar-refractivity contribution in [3.63, 3.8) is 0 Å². The third kappa shape index (κ3) is 3.74. The molecule has 0 bridgehead atoms. The van der Waals surface area contributed by atoms with Gasteiger partial charge in [0.05, 0.1) is 23.8 Å². The summed E-state index contributed by atoms with van der Waals surface area (Å²) in [7, 11) is 1.27. The largest absolute Gasteiger partial charge is 0.465 e. The first-order valence-corrected chi connectivity index (χ1v) is 6.86. The van der Waals surface area contributed by atoms with Gasteiger partial charge in [-0.05, 0) is 45.9 Å². The number of hydrogen-bond donors (Lipinski definition) is 2.